The zero-order chi connectivity index (χ0) is 22.3. The van der Waals surface area contributed by atoms with Gasteiger partial charge in [-0.3, -0.25) is 14.6 Å². The van der Waals surface area contributed by atoms with Gasteiger partial charge >= 0.3 is 11.9 Å². The van der Waals surface area contributed by atoms with Gasteiger partial charge in [0.25, 0.3) is 0 Å². The van der Waals surface area contributed by atoms with E-state index in [1.807, 2.05) is 30.3 Å². The van der Waals surface area contributed by atoms with E-state index in [-0.39, 0.29) is 18.9 Å². The Hall–Kier alpha value is -3.77. The molecule has 2 aliphatic rings. The highest BCUT2D eigenvalue weighted by atomic mass is 16.5. The highest BCUT2D eigenvalue weighted by Gasteiger charge is 2.47. The van der Waals surface area contributed by atoms with Crippen LogP contribution in [0.5, 0.6) is 0 Å². The Bertz CT molecular complexity index is 1210. The van der Waals surface area contributed by atoms with Crippen LogP contribution in [0.25, 0.3) is 11.1 Å². The minimum atomic E-state index is -1.33. The Kier molecular flexibility index (Phi) is 4.87. The molecule has 3 aromatic rings. The smallest absolute Gasteiger partial charge is 0.322 e. The lowest BCUT2D eigenvalue weighted by Gasteiger charge is -2.28. The zero-order valence-electron chi connectivity index (χ0n) is 17.3. The van der Waals surface area contributed by atoms with E-state index in [1.165, 1.54) is 6.21 Å². The summed E-state index contributed by atoms with van der Waals surface area (Å²) in [7, 11) is 0. The molecule has 2 atom stereocenters. The van der Waals surface area contributed by atoms with Crippen LogP contribution in [0.4, 0.5) is 5.69 Å². The molecule has 0 radical (unpaired) electrons. The standard InChI is InChI=1S/C26H22N2O4/c27-22(24(29)30)13-26(15-28-23-12-6-5-11-21(23)26)25(31)32-14-20-18-9-3-1-7-16(18)17-8-2-4-10-19(17)20/h1-12,15,20,22H,13-14,27H2,(H,29,30)/t22-,26?/m0/s1. The van der Waals surface area contributed by atoms with Crippen molar-refractivity contribution in [2.24, 2.45) is 10.7 Å². The van der Waals surface area contributed by atoms with Crippen LogP contribution in [-0.4, -0.2) is 35.9 Å². The Morgan fingerprint density at radius 2 is 1.56 bits per heavy atom. The lowest BCUT2D eigenvalue weighted by Crippen LogP contribution is -2.45. The summed E-state index contributed by atoms with van der Waals surface area (Å²) in [6.07, 6.45) is 1.36. The molecule has 0 bridgehead atoms. The van der Waals surface area contributed by atoms with Crippen molar-refractivity contribution in [1.82, 2.24) is 0 Å². The highest BCUT2D eigenvalue weighted by molar-refractivity contribution is 6.07. The third-order valence-corrected chi connectivity index (χ3v) is 6.38. The van der Waals surface area contributed by atoms with E-state index in [2.05, 4.69) is 29.3 Å². The number of carbonyl (C=O) groups is 2. The SMILES string of the molecule is N[C@@H](CC1(C(=O)OCC2c3ccccc3-c3ccccc32)C=Nc2ccccc21)C(=O)O. The molecule has 0 fully saturated rings. The Labute approximate surface area is 185 Å². The van der Waals surface area contributed by atoms with Crippen LogP contribution in [0.3, 0.4) is 0 Å². The summed E-state index contributed by atoms with van der Waals surface area (Å²) in [4.78, 5) is 29.4. The molecule has 0 saturated heterocycles. The van der Waals surface area contributed by atoms with E-state index < -0.39 is 23.4 Å². The number of carboxylic acids is 1. The number of rotatable bonds is 6. The Morgan fingerprint density at radius 1 is 0.969 bits per heavy atom. The number of aliphatic carboxylic acids is 1. The first-order valence-electron chi connectivity index (χ1n) is 10.5. The van der Waals surface area contributed by atoms with E-state index in [9.17, 15) is 14.7 Å². The predicted molar refractivity (Wildman–Crippen MR) is 121 cm³/mol. The monoisotopic (exact) mass is 426 g/mol. The zero-order valence-corrected chi connectivity index (χ0v) is 17.3. The third-order valence-electron chi connectivity index (χ3n) is 6.38. The summed E-state index contributed by atoms with van der Waals surface area (Å²) in [6, 6.07) is 22.2. The molecular weight excluding hydrogens is 404 g/mol. The Morgan fingerprint density at radius 3 is 2.22 bits per heavy atom. The largest absolute Gasteiger partial charge is 0.480 e. The van der Waals surface area contributed by atoms with Crippen LogP contribution in [-0.2, 0) is 19.7 Å². The number of aliphatic imine (C=N–C) groups is 1. The van der Waals surface area contributed by atoms with Crippen molar-refractivity contribution in [3.8, 4) is 11.1 Å². The van der Waals surface area contributed by atoms with Gasteiger partial charge in [-0.05, 0) is 34.7 Å². The van der Waals surface area contributed by atoms with Crippen molar-refractivity contribution >= 4 is 23.8 Å². The number of para-hydroxylation sites is 1. The average molecular weight is 426 g/mol. The molecule has 1 aliphatic carbocycles. The number of nitrogens with two attached hydrogens (primary N) is 1. The van der Waals surface area contributed by atoms with Crippen molar-refractivity contribution in [2.45, 2.75) is 23.8 Å². The number of esters is 1. The fourth-order valence-electron chi connectivity index (χ4n) is 4.78. The van der Waals surface area contributed by atoms with E-state index in [1.54, 1.807) is 18.2 Å². The number of hydrogen-bond donors (Lipinski definition) is 2. The van der Waals surface area contributed by atoms with Crippen molar-refractivity contribution in [2.75, 3.05) is 6.61 Å². The van der Waals surface area contributed by atoms with Crippen molar-refractivity contribution in [3.05, 3.63) is 89.5 Å². The summed E-state index contributed by atoms with van der Waals surface area (Å²) in [5, 5.41) is 9.39. The van der Waals surface area contributed by atoms with Gasteiger partial charge in [-0.1, -0.05) is 66.7 Å². The maximum absolute atomic E-state index is 13.5. The summed E-state index contributed by atoms with van der Waals surface area (Å²) in [5.74, 6) is -1.80. The second-order valence-electron chi connectivity index (χ2n) is 8.22. The topological polar surface area (TPSA) is 102 Å². The van der Waals surface area contributed by atoms with Gasteiger partial charge in [0, 0.05) is 17.7 Å². The van der Waals surface area contributed by atoms with Gasteiger partial charge in [-0.2, -0.15) is 0 Å². The van der Waals surface area contributed by atoms with Gasteiger partial charge < -0.3 is 15.6 Å². The van der Waals surface area contributed by atoms with Gasteiger partial charge in [0.2, 0.25) is 0 Å². The van der Waals surface area contributed by atoms with Crippen molar-refractivity contribution in [3.63, 3.8) is 0 Å². The molecule has 32 heavy (non-hydrogen) atoms. The number of benzene rings is 3. The van der Waals surface area contributed by atoms with E-state index >= 15 is 0 Å². The van der Waals surface area contributed by atoms with Crippen molar-refractivity contribution < 1.29 is 19.4 Å². The normalized spacial score (nSPS) is 19.2. The molecule has 3 aromatic carbocycles. The van der Waals surface area contributed by atoms with E-state index in [0.29, 0.717) is 11.3 Å². The molecule has 1 heterocycles. The molecule has 0 spiro atoms. The number of nitrogens with zero attached hydrogens (tertiary/aromatic N) is 1. The Balaban J connectivity index is 1.46. The molecule has 1 unspecified atom stereocenters. The molecule has 1 aliphatic heterocycles. The number of carboxylic acid groups (broad SMARTS) is 1. The first-order valence-corrected chi connectivity index (χ1v) is 10.5. The van der Waals surface area contributed by atoms with Crippen LogP contribution in [0.15, 0.2) is 77.8 Å². The molecule has 0 aromatic heterocycles. The molecule has 6 nitrogen and oxygen atoms in total. The summed E-state index contributed by atoms with van der Waals surface area (Å²) in [6.45, 7) is 0.146. The van der Waals surface area contributed by atoms with Crippen LogP contribution in [0.1, 0.15) is 29.0 Å². The third kappa shape index (κ3) is 3.11. The first kappa shape index (κ1) is 20.2. The van der Waals surface area contributed by atoms with Crippen LogP contribution >= 0.6 is 0 Å². The van der Waals surface area contributed by atoms with Crippen LogP contribution in [0.2, 0.25) is 0 Å². The molecule has 0 saturated carbocycles. The lowest BCUT2D eigenvalue weighted by molar-refractivity contribution is -0.149. The van der Waals surface area contributed by atoms with Gasteiger partial charge in [-0.25, -0.2) is 0 Å². The summed E-state index contributed by atoms with van der Waals surface area (Å²) < 4.78 is 5.89. The summed E-state index contributed by atoms with van der Waals surface area (Å²) in [5.41, 5.74) is 10.3. The number of carbonyl (C=O) groups excluding carboxylic acids is 1. The fraction of sp³-hybridized carbons (Fsp3) is 0.192. The summed E-state index contributed by atoms with van der Waals surface area (Å²) >= 11 is 0. The van der Waals surface area contributed by atoms with Gasteiger partial charge in [0.15, 0.2) is 0 Å². The van der Waals surface area contributed by atoms with Crippen LogP contribution in [0, 0.1) is 0 Å². The molecule has 5 rings (SSSR count). The van der Waals surface area contributed by atoms with Gasteiger partial charge in [0.05, 0.1) is 5.69 Å². The molecule has 3 N–H and O–H groups in total. The molecule has 0 amide bonds. The maximum Gasteiger partial charge on any atom is 0.322 e. The van der Waals surface area contributed by atoms with E-state index in [4.69, 9.17) is 10.5 Å². The second-order valence-corrected chi connectivity index (χ2v) is 8.22. The fourth-order valence-corrected chi connectivity index (χ4v) is 4.78. The van der Waals surface area contributed by atoms with Crippen molar-refractivity contribution in [1.29, 1.82) is 0 Å². The number of ether oxygens (including phenoxy) is 1. The number of fused-ring (bicyclic) bond motifs is 4. The number of hydrogen-bond acceptors (Lipinski definition) is 5. The van der Waals surface area contributed by atoms with E-state index in [0.717, 1.165) is 22.3 Å². The van der Waals surface area contributed by atoms with Gasteiger partial charge in [-0.15, -0.1) is 0 Å². The minimum Gasteiger partial charge on any atom is -0.480 e. The average Bonchev–Trinajstić information content (AvgIpc) is 3.34. The van der Waals surface area contributed by atoms with Crippen LogP contribution < -0.4 is 5.73 Å². The first-order chi connectivity index (χ1) is 15.5. The lowest BCUT2D eigenvalue weighted by atomic mass is 9.77. The maximum atomic E-state index is 13.5. The molecular formula is C26H22N2O4. The minimum absolute atomic E-state index is 0.0925. The molecule has 160 valence electrons. The second kappa shape index (κ2) is 7.73. The quantitative estimate of drug-likeness (QED) is 0.584. The van der Waals surface area contributed by atoms with Gasteiger partial charge in [0.1, 0.15) is 18.1 Å². The highest BCUT2D eigenvalue weighted by Crippen LogP contribution is 2.45. The molecule has 6 heteroatoms. The predicted octanol–water partition coefficient (Wildman–Crippen LogP) is 3.80.